The van der Waals surface area contributed by atoms with Crippen molar-refractivity contribution in [3.63, 3.8) is 0 Å². The molecule has 1 amide bonds. The van der Waals surface area contributed by atoms with Crippen molar-refractivity contribution in [2.45, 2.75) is 25.3 Å². The standard InChI is InChI=1S/C23H20BrN3O6S/c1-3-34(30,31)18-7-8-20(19(12-18)26-23(29)15-5-4-6-16(24)10-15)32-13-17-11-22(28)27-21(25-17)9-14(2)33-27/h4-12H,3,13H2,1-2H3,(H,26,29). The van der Waals surface area contributed by atoms with Crippen LogP contribution in [0.2, 0.25) is 0 Å². The van der Waals surface area contributed by atoms with Gasteiger partial charge in [-0.05, 0) is 43.3 Å². The van der Waals surface area contributed by atoms with Crippen LogP contribution in [0.15, 0.2) is 73.3 Å². The van der Waals surface area contributed by atoms with Crippen LogP contribution in [0.4, 0.5) is 5.69 Å². The van der Waals surface area contributed by atoms with E-state index in [9.17, 15) is 18.0 Å². The van der Waals surface area contributed by atoms with Gasteiger partial charge in [-0.1, -0.05) is 28.9 Å². The first-order valence-corrected chi connectivity index (χ1v) is 12.7. The third-order valence-corrected chi connectivity index (χ3v) is 7.15. The Balaban J connectivity index is 1.65. The molecule has 0 aliphatic rings. The summed E-state index contributed by atoms with van der Waals surface area (Å²) in [5, 5.41) is 2.72. The lowest BCUT2D eigenvalue weighted by molar-refractivity contribution is 0.102. The first-order chi connectivity index (χ1) is 16.2. The second-order valence-electron chi connectivity index (χ2n) is 7.40. The molecule has 0 fully saturated rings. The number of nitrogens with one attached hydrogen (secondary N) is 1. The van der Waals surface area contributed by atoms with Crippen LogP contribution in [0.1, 0.15) is 28.7 Å². The molecule has 4 rings (SSSR count). The number of carbonyl (C=O) groups excluding carboxylic acids is 1. The number of hydrogen-bond acceptors (Lipinski definition) is 7. The summed E-state index contributed by atoms with van der Waals surface area (Å²) >= 11 is 3.33. The zero-order valence-electron chi connectivity index (χ0n) is 18.2. The summed E-state index contributed by atoms with van der Waals surface area (Å²) in [6, 6.07) is 13.9. The average molecular weight is 546 g/mol. The molecule has 4 aromatic rings. The van der Waals surface area contributed by atoms with Crippen LogP contribution in [0.25, 0.3) is 5.65 Å². The van der Waals surface area contributed by atoms with Gasteiger partial charge in [-0.2, -0.15) is 0 Å². The summed E-state index contributed by atoms with van der Waals surface area (Å²) in [6.45, 7) is 3.16. The van der Waals surface area contributed by atoms with Crippen molar-refractivity contribution in [3.8, 4) is 5.75 Å². The van der Waals surface area contributed by atoms with Gasteiger partial charge in [-0.15, -0.1) is 4.57 Å². The molecule has 9 nitrogen and oxygen atoms in total. The van der Waals surface area contributed by atoms with E-state index in [-0.39, 0.29) is 28.7 Å². The van der Waals surface area contributed by atoms with Gasteiger partial charge in [0, 0.05) is 22.2 Å². The molecule has 0 bridgehead atoms. The number of ether oxygens (including phenoxy) is 1. The number of nitrogens with zero attached hydrogens (tertiary/aromatic N) is 2. The molecule has 0 saturated carbocycles. The first-order valence-electron chi connectivity index (χ1n) is 10.2. The lowest BCUT2D eigenvalue weighted by atomic mass is 10.2. The molecular formula is C23H20BrN3O6S. The summed E-state index contributed by atoms with van der Waals surface area (Å²) in [5.41, 5.74) is 0.844. The fraction of sp³-hybridized carbons (Fsp3) is 0.174. The summed E-state index contributed by atoms with van der Waals surface area (Å²) in [5.74, 6) is 0.227. The summed E-state index contributed by atoms with van der Waals surface area (Å²) < 4.78 is 37.7. The van der Waals surface area contributed by atoms with E-state index in [1.165, 1.54) is 31.2 Å². The van der Waals surface area contributed by atoms with Crippen LogP contribution in [0.3, 0.4) is 0 Å². The molecule has 34 heavy (non-hydrogen) atoms. The molecule has 2 heterocycles. The number of amides is 1. The maximum absolute atomic E-state index is 12.8. The van der Waals surface area contributed by atoms with Crippen LogP contribution in [0, 0.1) is 6.92 Å². The van der Waals surface area contributed by atoms with Gasteiger partial charge in [0.15, 0.2) is 15.5 Å². The van der Waals surface area contributed by atoms with Crippen molar-refractivity contribution in [3.05, 3.63) is 86.4 Å². The monoisotopic (exact) mass is 545 g/mol. The number of hydrogen-bond donors (Lipinski definition) is 1. The van der Waals surface area contributed by atoms with E-state index in [1.807, 2.05) is 0 Å². The fourth-order valence-electron chi connectivity index (χ4n) is 3.22. The number of fused-ring (bicyclic) bond motifs is 1. The minimum absolute atomic E-state index is 0.0542. The van der Waals surface area contributed by atoms with Crippen LogP contribution in [-0.2, 0) is 16.4 Å². The second kappa shape index (κ2) is 9.43. The quantitative estimate of drug-likeness (QED) is 0.372. The van der Waals surface area contributed by atoms with E-state index >= 15 is 0 Å². The fourth-order valence-corrected chi connectivity index (χ4v) is 4.52. The van der Waals surface area contributed by atoms with Crippen LogP contribution in [-0.4, -0.2) is 29.6 Å². The van der Waals surface area contributed by atoms with Gasteiger partial charge in [-0.25, -0.2) is 13.4 Å². The number of halogens is 1. The topological polar surface area (TPSA) is 120 Å². The Bertz CT molecular complexity index is 1560. The number of aromatic nitrogens is 2. The zero-order chi connectivity index (χ0) is 24.5. The highest BCUT2D eigenvalue weighted by atomic mass is 79.9. The van der Waals surface area contributed by atoms with Crippen molar-refractivity contribution in [2.75, 3.05) is 11.1 Å². The van der Waals surface area contributed by atoms with E-state index in [1.54, 1.807) is 37.3 Å². The molecule has 0 atom stereocenters. The summed E-state index contributed by atoms with van der Waals surface area (Å²) in [7, 11) is -3.52. The molecule has 0 spiro atoms. The Morgan fingerprint density at radius 2 is 1.97 bits per heavy atom. The second-order valence-corrected chi connectivity index (χ2v) is 10.6. The average Bonchev–Trinajstić information content (AvgIpc) is 3.19. The molecule has 1 N–H and O–H groups in total. The minimum Gasteiger partial charge on any atom is -0.485 e. The molecular weight excluding hydrogens is 526 g/mol. The maximum Gasteiger partial charge on any atom is 0.287 e. The zero-order valence-corrected chi connectivity index (χ0v) is 20.6. The van der Waals surface area contributed by atoms with E-state index in [0.29, 0.717) is 22.7 Å². The SMILES string of the molecule is CCS(=O)(=O)c1ccc(OCc2cc(=O)n3oc(C)cc3n2)c(NC(=O)c2cccc(Br)c2)c1. The van der Waals surface area contributed by atoms with Crippen molar-refractivity contribution in [2.24, 2.45) is 0 Å². The van der Waals surface area contributed by atoms with Crippen LogP contribution < -0.4 is 15.6 Å². The molecule has 2 aromatic carbocycles. The summed E-state index contributed by atoms with van der Waals surface area (Å²) in [6.07, 6.45) is 0. The molecule has 0 saturated heterocycles. The van der Waals surface area contributed by atoms with Crippen molar-refractivity contribution in [1.82, 2.24) is 9.56 Å². The highest BCUT2D eigenvalue weighted by Gasteiger charge is 2.18. The third-order valence-electron chi connectivity index (χ3n) is 4.92. The molecule has 0 unspecified atom stereocenters. The lowest BCUT2D eigenvalue weighted by Gasteiger charge is -2.14. The first kappa shape index (κ1) is 23.7. The number of rotatable bonds is 7. The van der Waals surface area contributed by atoms with Gasteiger partial charge in [-0.3, -0.25) is 9.59 Å². The number of aryl methyl sites for hydroxylation is 1. The Kier molecular flexibility index (Phi) is 6.58. The largest absolute Gasteiger partial charge is 0.485 e. The van der Waals surface area contributed by atoms with Gasteiger partial charge in [0.2, 0.25) is 0 Å². The number of anilines is 1. The Labute approximate surface area is 203 Å². The number of carbonyl (C=O) groups is 1. The molecule has 11 heteroatoms. The van der Waals surface area contributed by atoms with Crippen LogP contribution in [0.5, 0.6) is 5.75 Å². The van der Waals surface area contributed by atoms with Crippen molar-refractivity contribution >= 4 is 43.0 Å². The smallest absolute Gasteiger partial charge is 0.287 e. The molecule has 176 valence electrons. The van der Waals surface area contributed by atoms with Crippen LogP contribution >= 0.6 is 15.9 Å². The van der Waals surface area contributed by atoms with Gasteiger partial charge >= 0.3 is 0 Å². The number of sulfone groups is 1. The number of benzene rings is 2. The Hall–Kier alpha value is -3.44. The van der Waals surface area contributed by atoms with Gasteiger partial charge in [0.1, 0.15) is 18.1 Å². The molecule has 2 aromatic heterocycles. The molecule has 0 radical (unpaired) electrons. The minimum atomic E-state index is -3.52. The Morgan fingerprint density at radius 3 is 2.71 bits per heavy atom. The highest BCUT2D eigenvalue weighted by molar-refractivity contribution is 9.10. The predicted molar refractivity (Wildman–Crippen MR) is 129 cm³/mol. The van der Waals surface area contributed by atoms with E-state index in [0.717, 1.165) is 9.05 Å². The third kappa shape index (κ3) is 5.05. The molecule has 0 aliphatic heterocycles. The van der Waals surface area contributed by atoms with E-state index < -0.39 is 21.3 Å². The predicted octanol–water partition coefficient (Wildman–Crippen LogP) is 3.98. The maximum atomic E-state index is 12.8. The lowest BCUT2D eigenvalue weighted by Crippen LogP contribution is -2.16. The summed E-state index contributed by atoms with van der Waals surface area (Å²) in [4.78, 5) is 29.5. The van der Waals surface area contributed by atoms with Crippen molar-refractivity contribution in [1.29, 1.82) is 0 Å². The highest BCUT2D eigenvalue weighted by Crippen LogP contribution is 2.30. The van der Waals surface area contributed by atoms with Gasteiger partial charge < -0.3 is 14.6 Å². The van der Waals surface area contributed by atoms with E-state index in [4.69, 9.17) is 9.26 Å². The molecule has 0 aliphatic carbocycles. The normalized spacial score (nSPS) is 11.5. The van der Waals surface area contributed by atoms with Gasteiger partial charge in [0.25, 0.3) is 11.5 Å². The van der Waals surface area contributed by atoms with E-state index in [2.05, 4.69) is 26.2 Å². The Morgan fingerprint density at radius 1 is 1.18 bits per heavy atom. The van der Waals surface area contributed by atoms with Gasteiger partial charge in [0.05, 0.1) is 22.0 Å². The van der Waals surface area contributed by atoms with Crippen molar-refractivity contribution < 1.29 is 22.5 Å².